The molecule has 1 atom stereocenters. The lowest BCUT2D eigenvalue weighted by Crippen LogP contribution is -2.30. The number of nitrogens with zero attached hydrogens (tertiary/aromatic N) is 2. The van der Waals surface area contributed by atoms with E-state index in [9.17, 15) is 19.6 Å². The van der Waals surface area contributed by atoms with Crippen molar-refractivity contribution >= 4 is 45.4 Å². The molecule has 35 heavy (non-hydrogen) atoms. The van der Waals surface area contributed by atoms with Crippen molar-refractivity contribution in [2.24, 2.45) is 0 Å². The van der Waals surface area contributed by atoms with Crippen LogP contribution in [-0.2, 0) is 14.3 Å². The van der Waals surface area contributed by atoms with Crippen LogP contribution in [0.3, 0.4) is 0 Å². The van der Waals surface area contributed by atoms with Gasteiger partial charge in [0, 0.05) is 32.8 Å². The van der Waals surface area contributed by atoms with E-state index in [0.717, 1.165) is 21.5 Å². The zero-order valence-corrected chi connectivity index (χ0v) is 21.3. The van der Waals surface area contributed by atoms with Gasteiger partial charge in [-0.2, -0.15) is 5.26 Å². The Morgan fingerprint density at radius 2 is 1.80 bits per heavy atom. The Kier molecular flexibility index (Phi) is 8.05. The average Bonchev–Trinajstić information content (AvgIpc) is 3.10. The Labute approximate surface area is 212 Å². The number of esters is 1. The lowest BCUT2D eigenvalue weighted by Gasteiger charge is -2.13. The number of aromatic nitrogens is 1. The maximum absolute atomic E-state index is 12.7. The number of hydrogen-bond acceptors (Lipinski definition) is 5. The highest BCUT2D eigenvalue weighted by molar-refractivity contribution is 9.10. The molecule has 0 aliphatic rings. The molecule has 0 aliphatic heterocycles. The van der Waals surface area contributed by atoms with E-state index in [-0.39, 0.29) is 11.4 Å². The number of benzene rings is 2. The number of anilines is 1. The highest BCUT2D eigenvalue weighted by atomic mass is 79.9. The molecule has 7 nitrogen and oxygen atoms in total. The van der Waals surface area contributed by atoms with Gasteiger partial charge in [0.05, 0.1) is 0 Å². The van der Waals surface area contributed by atoms with Crippen LogP contribution in [0.4, 0.5) is 5.69 Å². The fourth-order valence-electron chi connectivity index (χ4n) is 3.55. The molecular weight excluding hydrogens is 510 g/mol. The number of nitriles is 1. The molecule has 3 rings (SSSR count). The molecule has 8 heteroatoms. The normalized spacial score (nSPS) is 11.9. The fraction of sp³-hybridized carbons (Fsp3) is 0.185. The van der Waals surface area contributed by atoms with E-state index in [4.69, 9.17) is 4.74 Å². The van der Waals surface area contributed by atoms with Crippen molar-refractivity contribution in [2.45, 2.75) is 33.8 Å². The standard InChI is InChI=1S/C27H24BrN3O4/c1-16-12-21(17(2)31(16)25-10-8-23(28)9-11-25)13-22(15-29)27(34)35-19(4)26(33)30-24-7-5-6-20(14-24)18(3)32/h5-14,19H,1-4H3,(H,30,33)/b22-13+/t19-/m0/s1. The summed E-state index contributed by atoms with van der Waals surface area (Å²) in [6.07, 6.45) is 0.302. The maximum Gasteiger partial charge on any atom is 0.349 e. The van der Waals surface area contributed by atoms with Crippen molar-refractivity contribution in [2.75, 3.05) is 5.32 Å². The van der Waals surface area contributed by atoms with Gasteiger partial charge in [0.1, 0.15) is 11.6 Å². The van der Waals surface area contributed by atoms with Crippen LogP contribution in [0.25, 0.3) is 11.8 Å². The quantitative estimate of drug-likeness (QED) is 0.186. The second-order valence-corrected chi connectivity index (χ2v) is 8.90. The Morgan fingerprint density at radius 1 is 1.11 bits per heavy atom. The number of amides is 1. The predicted octanol–water partition coefficient (Wildman–Crippen LogP) is 5.54. The predicted molar refractivity (Wildman–Crippen MR) is 137 cm³/mol. The van der Waals surface area contributed by atoms with Crippen molar-refractivity contribution in [3.05, 3.63) is 87.2 Å². The molecular formula is C27H24BrN3O4. The summed E-state index contributed by atoms with van der Waals surface area (Å²) >= 11 is 3.43. The summed E-state index contributed by atoms with van der Waals surface area (Å²) in [4.78, 5) is 36.7. The molecule has 2 aromatic carbocycles. The van der Waals surface area contributed by atoms with Gasteiger partial charge in [0.15, 0.2) is 11.9 Å². The van der Waals surface area contributed by atoms with E-state index >= 15 is 0 Å². The van der Waals surface area contributed by atoms with Gasteiger partial charge >= 0.3 is 5.97 Å². The van der Waals surface area contributed by atoms with Gasteiger partial charge in [-0.1, -0.05) is 28.1 Å². The van der Waals surface area contributed by atoms with Gasteiger partial charge in [-0.05, 0) is 81.8 Å². The summed E-state index contributed by atoms with van der Waals surface area (Å²) in [5, 5.41) is 12.2. The van der Waals surface area contributed by atoms with Crippen molar-refractivity contribution < 1.29 is 19.1 Å². The molecule has 0 aliphatic carbocycles. The van der Waals surface area contributed by atoms with Gasteiger partial charge in [0.2, 0.25) is 0 Å². The Morgan fingerprint density at radius 3 is 2.43 bits per heavy atom. The van der Waals surface area contributed by atoms with Crippen molar-refractivity contribution in [1.29, 1.82) is 5.26 Å². The summed E-state index contributed by atoms with van der Waals surface area (Å²) in [5.74, 6) is -1.62. The van der Waals surface area contributed by atoms with Crippen molar-refractivity contribution in [3.63, 3.8) is 0 Å². The molecule has 1 heterocycles. The lowest BCUT2D eigenvalue weighted by atomic mass is 10.1. The number of ketones is 1. The minimum Gasteiger partial charge on any atom is -0.448 e. The number of carbonyl (C=O) groups excluding carboxylic acids is 3. The third-order valence-electron chi connectivity index (χ3n) is 5.38. The fourth-order valence-corrected chi connectivity index (χ4v) is 3.82. The first-order valence-corrected chi connectivity index (χ1v) is 11.6. The first-order chi connectivity index (χ1) is 16.6. The van der Waals surface area contributed by atoms with Crippen LogP contribution >= 0.6 is 15.9 Å². The van der Waals surface area contributed by atoms with Gasteiger partial charge in [0.25, 0.3) is 5.91 Å². The second kappa shape index (κ2) is 11.0. The van der Waals surface area contributed by atoms with E-state index in [1.54, 1.807) is 18.2 Å². The zero-order valence-electron chi connectivity index (χ0n) is 19.8. The van der Waals surface area contributed by atoms with Crippen LogP contribution in [0, 0.1) is 25.2 Å². The highest BCUT2D eigenvalue weighted by Crippen LogP contribution is 2.24. The Balaban J connectivity index is 1.76. The Bertz CT molecular complexity index is 1360. The molecule has 0 bridgehead atoms. The molecule has 178 valence electrons. The monoisotopic (exact) mass is 533 g/mol. The Hall–Kier alpha value is -3.96. The van der Waals surface area contributed by atoms with Crippen molar-refractivity contribution in [1.82, 2.24) is 4.57 Å². The largest absolute Gasteiger partial charge is 0.448 e. The van der Waals surface area contributed by atoms with E-state index in [1.807, 2.05) is 54.8 Å². The third kappa shape index (κ3) is 6.14. The number of aryl methyl sites for hydroxylation is 1. The van der Waals surface area contributed by atoms with Gasteiger partial charge in [-0.25, -0.2) is 4.79 Å². The number of rotatable bonds is 7. The molecule has 0 unspecified atom stereocenters. The lowest BCUT2D eigenvalue weighted by molar-refractivity contribution is -0.148. The summed E-state index contributed by atoms with van der Waals surface area (Å²) in [5.41, 5.74) is 4.05. The SMILES string of the molecule is CC(=O)c1cccc(NC(=O)[C@H](C)OC(=O)/C(C#N)=C/c2cc(C)n(-c3ccc(Br)cc3)c2C)c1. The van der Waals surface area contributed by atoms with Crippen LogP contribution in [0.15, 0.2) is 64.6 Å². The molecule has 0 saturated carbocycles. The molecule has 0 spiro atoms. The summed E-state index contributed by atoms with van der Waals surface area (Å²) < 4.78 is 8.22. The topological polar surface area (TPSA) is 101 Å². The van der Waals surface area contributed by atoms with Crippen LogP contribution in [0.1, 0.15) is 41.2 Å². The van der Waals surface area contributed by atoms with Crippen LogP contribution in [0.2, 0.25) is 0 Å². The second-order valence-electron chi connectivity index (χ2n) is 7.98. The van der Waals surface area contributed by atoms with E-state index in [0.29, 0.717) is 16.8 Å². The number of carbonyl (C=O) groups is 3. The number of Topliss-reactive ketones (excluding diaryl/α,β-unsaturated/α-hetero) is 1. The van der Waals surface area contributed by atoms with Crippen molar-refractivity contribution in [3.8, 4) is 11.8 Å². The van der Waals surface area contributed by atoms with Gasteiger partial charge in [-0.3, -0.25) is 9.59 Å². The van der Waals surface area contributed by atoms with Gasteiger partial charge in [-0.15, -0.1) is 0 Å². The third-order valence-corrected chi connectivity index (χ3v) is 5.91. The van der Waals surface area contributed by atoms with Gasteiger partial charge < -0.3 is 14.6 Å². The molecule has 0 fully saturated rings. The van der Waals surface area contributed by atoms with E-state index < -0.39 is 18.0 Å². The van der Waals surface area contributed by atoms with Crippen LogP contribution in [0.5, 0.6) is 0 Å². The number of hydrogen-bond donors (Lipinski definition) is 1. The maximum atomic E-state index is 12.7. The molecule has 1 aromatic heterocycles. The molecule has 3 aromatic rings. The zero-order chi connectivity index (χ0) is 25.7. The first kappa shape index (κ1) is 25.7. The smallest absolute Gasteiger partial charge is 0.349 e. The number of halogens is 1. The first-order valence-electron chi connectivity index (χ1n) is 10.8. The van der Waals surface area contributed by atoms with E-state index in [2.05, 4.69) is 21.2 Å². The molecule has 0 saturated heterocycles. The summed E-state index contributed by atoms with van der Waals surface area (Å²) in [6, 6.07) is 18.0. The van der Waals surface area contributed by atoms with Crippen LogP contribution in [-0.4, -0.2) is 28.3 Å². The van der Waals surface area contributed by atoms with E-state index in [1.165, 1.54) is 26.0 Å². The minimum atomic E-state index is -1.16. The average molecular weight is 534 g/mol. The number of ether oxygens (including phenoxy) is 1. The highest BCUT2D eigenvalue weighted by Gasteiger charge is 2.22. The molecule has 1 amide bonds. The van der Waals surface area contributed by atoms with Crippen LogP contribution < -0.4 is 5.32 Å². The summed E-state index contributed by atoms with van der Waals surface area (Å²) in [6.45, 7) is 6.67. The minimum absolute atomic E-state index is 0.135. The number of nitrogens with one attached hydrogen (secondary N) is 1. The molecule has 1 N–H and O–H groups in total. The summed E-state index contributed by atoms with van der Waals surface area (Å²) in [7, 11) is 0. The molecule has 0 radical (unpaired) electrons.